The molecule has 0 aliphatic carbocycles. The smallest absolute Gasteiger partial charge is 0.261 e. The number of rotatable bonds is 5. The molecule has 26 heavy (non-hydrogen) atoms. The van der Waals surface area contributed by atoms with Crippen molar-refractivity contribution in [1.82, 2.24) is 10.3 Å². The van der Waals surface area contributed by atoms with Gasteiger partial charge in [0.05, 0.1) is 27.7 Å². The third kappa shape index (κ3) is 4.27. The van der Waals surface area contributed by atoms with Gasteiger partial charge in [0.1, 0.15) is 5.82 Å². The van der Waals surface area contributed by atoms with Crippen molar-refractivity contribution in [3.63, 3.8) is 0 Å². The van der Waals surface area contributed by atoms with Gasteiger partial charge in [-0.25, -0.2) is 9.37 Å². The van der Waals surface area contributed by atoms with Crippen molar-refractivity contribution in [2.75, 3.05) is 5.32 Å². The van der Waals surface area contributed by atoms with Gasteiger partial charge < -0.3 is 5.32 Å². The van der Waals surface area contributed by atoms with E-state index in [1.807, 2.05) is 12.1 Å². The fourth-order valence-electron chi connectivity index (χ4n) is 2.14. The van der Waals surface area contributed by atoms with Crippen molar-refractivity contribution in [2.24, 2.45) is 0 Å². The van der Waals surface area contributed by atoms with Crippen molar-refractivity contribution in [1.29, 1.82) is 0 Å². The number of nitrogens with zero attached hydrogens (tertiary/aromatic N) is 1. The van der Waals surface area contributed by atoms with Crippen LogP contribution in [-0.2, 0) is 11.3 Å². The molecule has 0 unspecified atom stereocenters. The normalized spacial score (nSPS) is 10.6. The quantitative estimate of drug-likeness (QED) is 0.649. The molecule has 2 aromatic heterocycles. The van der Waals surface area contributed by atoms with E-state index in [9.17, 15) is 14.0 Å². The predicted octanol–water partition coefficient (Wildman–Crippen LogP) is 4.55. The Morgan fingerprint density at radius 1 is 1.27 bits per heavy atom. The Morgan fingerprint density at radius 3 is 2.81 bits per heavy atom. The van der Waals surface area contributed by atoms with Gasteiger partial charge in [-0.15, -0.1) is 22.7 Å². The van der Waals surface area contributed by atoms with Crippen LogP contribution in [-0.4, -0.2) is 16.8 Å². The van der Waals surface area contributed by atoms with Crippen molar-refractivity contribution >= 4 is 51.2 Å². The van der Waals surface area contributed by atoms with Gasteiger partial charge in [-0.2, -0.15) is 0 Å². The maximum absolute atomic E-state index is 13.8. The maximum atomic E-state index is 13.8. The number of carbonyl (C=O) groups is 2. The van der Waals surface area contributed by atoms with Gasteiger partial charge in [-0.05, 0) is 24.3 Å². The summed E-state index contributed by atoms with van der Waals surface area (Å²) < 4.78 is 13.8. The largest absolute Gasteiger partial charge is 0.351 e. The molecule has 5 nitrogen and oxygen atoms in total. The van der Waals surface area contributed by atoms with E-state index in [4.69, 9.17) is 11.6 Å². The Hall–Kier alpha value is -2.29. The minimum Gasteiger partial charge on any atom is -0.351 e. The average Bonchev–Trinajstić information content (AvgIpc) is 3.21. The molecule has 0 atom stereocenters. The molecule has 1 aromatic carbocycles. The first-order chi connectivity index (χ1) is 12.4. The third-order valence-electron chi connectivity index (χ3n) is 3.34. The van der Waals surface area contributed by atoms with Gasteiger partial charge >= 0.3 is 0 Å². The molecule has 3 rings (SSSR count). The van der Waals surface area contributed by atoms with E-state index in [2.05, 4.69) is 15.6 Å². The number of halogens is 2. The lowest BCUT2D eigenvalue weighted by Crippen LogP contribution is -2.17. The average molecular weight is 410 g/mol. The molecule has 9 heteroatoms. The number of nitrogens with one attached hydrogen (secondary N) is 2. The van der Waals surface area contributed by atoms with Crippen LogP contribution < -0.4 is 10.6 Å². The summed E-state index contributed by atoms with van der Waals surface area (Å²) in [4.78, 5) is 29.5. The molecular formula is C17H13ClFN3O2S2. The van der Waals surface area contributed by atoms with E-state index < -0.39 is 11.7 Å². The topological polar surface area (TPSA) is 71.1 Å². The van der Waals surface area contributed by atoms with E-state index >= 15 is 0 Å². The molecule has 0 saturated carbocycles. The van der Waals surface area contributed by atoms with E-state index in [0.717, 1.165) is 9.75 Å². The summed E-state index contributed by atoms with van der Waals surface area (Å²) in [7, 11) is 0. The fourth-order valence-corrected chi connectivity index (χ4v) is 4.08. The Morgan fingerprint density at radius 2 is 2.08 bits per heavy atom. The maximum Gasteiger partial charge on any atom is 0.261 e. The Labute approximate surface area is 161 Å². The summed E-state index contributed by atoms with van der Waals surface area (Å²) in [5, 5.41) is 7.49. The molecule has 0 aliphatic rings. The zero-order valence-corrected chi connectivity index (χ0v) is 15.9. The Kier molecular flexibility index (Phi) is 5.65. The minimum absolute atomic E-state index is 0.0418. The highest BCUT2D eigenvalue weighted by atomic mass is 35.5. The summed E-state index contributed by atoms with van der Waals surface area (Å²) >= 11 is 8.63. The van der Waals surface area contributed by atoms with Crippen LogP contribution >= 0.6 is 34.3 Å². The SMILES string of the molecule is CC(=O)NCc1ccc(-c2csc(NC(=O)c3c(F)cccc3Cl)n2)s1. The van der Waals surface area contributed by atoms with Crippen LogP contribution in [0.3, 0.4) is 0 Å². The summed E-state index contributed by atoms with van der Waals surface area (Å²) in [5.41, 5.74) is 0.489. The number of thiazole rings is 1. The fraction of sp³-hybridized carbons (Fsp3) is 0.118. The van der Waals surface area contributed by atoms with Crippen LogP contribution in [0.15, 0.2) is 35.7 Å². The summed E-state index contributed by atoms with van der Waals surface area (Å²) in [5.74, 6) is -1.43. The van der Waals surface area contributed by atoms with Crippen LogP contribution in [0, 0.1) is 5.82 Å². The minimum atomic E-state index is -0.687. The number of anilines is 1. The molecule has 0 saturated heterocycles. The number of hydrogen-bond donors (Lipinski definition) is 2. The van der Waals surface area contributed by atoms with Gasteiger partial charge in [0.25, 0.3) is 5.91 Å². The number of thiophene rings is 1. The molecule has 0 aliphatic heterocycles. The number of benzene rings is 1. The van der Waals surface area contributed by atoms with Gasteiger partial charge in [-0.3, -0.25) is 14.9 Å². The monoisotopic (exact) mass is 409 g/mol. The molecule has 134 valence electrons. The zero-order valence-electron chi connectivity index (χ0n) is 13.5. The molecule has 2 N–H and O–H groups in total. The number of carbonyl (C=O) groups excluding carboxylic acids is 2. The molecule has 0 radical (unpaired) electrons. The van der Waals surface area contributed by atoms with Gasteiger partial charge in [0.2, 0.25) is 5.91 Å². The second kappa shape index (κ2) is 7.94. The van der Waals surface area contributed by atoms with Crippen molar-refractivity contribution in [3.8, 4) is 10.6 Å². The number of aromatic nitrogens is 1. The van der Waals surface area contributed by atoms with Gasteiger partial charge in [-0.1, -0.05) is 17.7 Å². The molecule has 0 bridgehead atoms. The number of hydrogen-bond acceptors (Lipinski definition) is 5. The van der Waals surface area contributed by atoms with Crippen LogP contribution in [0.5, 0.6) is 0 Å². The predicted molar refractivity (Wildman–Crippen MR) is 102 cm³/mol. The first-order valence-corrected chi connectivity index (χ1v) is 9.56. The molecule has 0 fully saturated rings. The molecule has 2 heterocycles. The van der Waals surface area contributed by atoms with Gasteiger partial charge in [0.15, 0.2) is 5.13 Å². The molecular weight excluding hydrogens is 397 g/mol. The molecule has 3 aromatic rings. The lowest BCUT2D eigenvalue weighted by Gasteiger charge is -2.04. The van der Waals surface area contributed by atoms with E-state index in [-0.39, 0.29) is 16.5 Å². The standard InChI is InChI=1S/C17H13ClFN3O2S2/c1-9(23)20-7-10-5-6-14(26-10)13-8-25-17(21-13)22-16(24)15-11(18)3-2-4-12(15)19/h2-6,8H,7H2,1H3,(H,20,23)(H,21,22,24). The highest BCUT2D eigenvalue weighted by Gasteiger charge is 2.17. The van der Waals surface area contributed by atoms with Gasteiger partial charge in [0, 0.05) is 17.2 Å². The van der Waals surface area contributed by atoms with Crippen LogP contribution in [0.25, 0.3) is 10.6 Å². The second-order valence-electron chi connectivity index (χ2n) is 5.26. The summed E-state index contributed by atoms with van der Waals surface area (Å²) in [6, 6.07) is 7.87. The van der Waals surface area contributed by atoms with E-state index in [1.54, 1.807) is 5.38 Å². The first kappa shape index (κ1) is 18.5. The first-order valence-electron chi connectivity index (χ1n) is 7.48. The second-order valence-corrected chi connectivity index (χ2v) is 7.70. The highest BCUT2D eigenvalue weighted by molar-refractivity contribution is 7.17. The lowest BCUT2D eigenvalue weighted by molar-refractivity contribution is -0.119. The number of amides is 2. The van der Waals surface area contributed by atoms with Crippen LogP contribution in [0.1, 0.15) is 22.2 Å². The Bertz CT molecular complexity index is 950. The van der Waals surface area contributed by atoms with Crippen molar-refractivity contribution in [2.45, 2.75) is 13.5 Å². The Balaban J connectivity index is 1.72. The highest BCUT2D eigenvalue weighted by Crippen LogP contribution is 2.31. The molecule has 2 amide bonds. The van der Waals surface area contributed by atoms with Crippen molar-refractivity contribution < 1.29 is 14.0 Å². The molecule has 0 spiro atoms. The summed E-state index contributed by atoms with van der Waals surface area (Å²) in [6.45, 7) is 1.92. The van der Waals surface area contributed by atoms with Crippen LogP contribution in [0.4, 0.5) is 9.52 Å². The zero-order chi connectivity index (χ0) is 18.7. The van der Waals surface area contributed by atoms with Crippen LogP contribution in [0.2, 0.25) is 5.02 Å². The third-order valence-corrected chi connectivity index (χ3v) is 5.52. The van der Waals surface area contributed by atoms with E-state index in [1.165, 1.54) is 47.8 Å². The summed E-state index contributed by atoms with van der Waals surface area (Å²) in [6.07, 6.45) is 0. The van der Waals surface area contributed by atoms with Crippen molar-refractivity contribution in [3.05, 3.63) is 57.0 Å². The lowest BCUT2D eigenvalue weighted by atomic mass is 10.2. The van der Waals surface area contributed by atoms with E-state index in [0.29, 0.717) is 17.4 Å².